The second-order valence-electron chi connectivity index (χ2n) is 6.61. The van der Waals surface area contributed by atoms with E-state index in [2.05, 4.69) is 16.7 Å². The first kappa shape index (κ1) is 13.8. The van der Waals surface area contributed by atoms with Crippen molar-refractivity contribution in [3.05, 3.63) is 0 Å². The Morgan fingerprint density at radius 1 is 1.33 bits per heavy atom. The molecule has 1 N–H and O–H groups in total. The van der Waals surface area contributed by atoms with Crippen LogP contribution in [0.25, 0.3) is 0 Å². The molecule has 4 heteroatoms. The molecule has 0 radical (unpaired) electrons. The summed E-state index contributed by atoms with van der Waals surface area (Å²) in [7, 11) is 0. The van der Waals surface area contributed by atoms with Gasteiger partial charge in [0.25, 0.3) is 0 Å². The van der Waals surface area contributed by atoms with E-state index < -0.39 is 11.4 Å². The molecule has 0 aromatic heterocycles. The van der Waals surface area contributed by atoms with Crippen molar-refractivity contribution in [3.8, 4) is 0 Å². The van der Waals surface area contributed by atoms with Crippen LogP contribution >= 0.6 is 0 Å². The Labute approximate surface area is 110 Å². The summed E-state index contributed by atoms with van der Waals surface area (Å²) in [6, 6.07) is 1.12. The Balaban J connectivity index is 1.99. The summed E-state index contributed by atoms with van der Waals surface area (Å²) in [6.45, 7) is 9.91. The third-order valence-electron chi connectivity index (χ3n) is 4.49. The van der Waals surface area contributed by atoms with Crippen molar-refractivity contribution < 1.29 is 9.90 Å². The number of carbonyl (C=O) groups is 1. The van der Waals surface area contributed by atoms with Crippen molar-refractivity contribution >= 4 is 5.97 Å². The molecule has 2 heterocycles. The van der Waals surface area contributed by atoms with Crippen molar-refractivity contribution in [2.75, 3.05) is 26.2 Å². The van der Waals surface area contributed by atoms with Gasteiger partial charge in [-0.1, -0.05) is 6.42 Å². The molecule has 0 aliphatic carbocycles. The topological polar surface area (TPSA) is 43.8 Å². The number of carboxylic acid groups (broad SMARTS) is 1. The highest BCUT2D eigenvalue weighted by atomic mass is 16.4. The van der Waals surface area contributed by atoms with Crippen molar-refractivity contribution in [2.24, 2.45) is 5.41 Å². The van der Waals surface area contributed by atoms with Crippen LogP contribution in [0.3, 0.4) is 0 Å². The first-order valence-corrected chi connectivity index (χ1v) is 7.11. The molecule has 2 rings (SSSR count). The molecular formula is C14H26N2O2. The van der Waals surface area contributed by atoms with Gasteiger partial charge in [0.1, 0.15) is 0 Å². The number of aliphatic carboxylic acids is 1. The van der Waals surface area contributed by atoms with Crippen LogP contribution in [-0.2, 0) is 4.79 Å². The molecule has 2 fully saturated rings. The van der Waals surface area contributed by atoms with Gasteiger partial charge in [0.2, 0.25) is 0 Å². The first-order valence-electron chi connectivity index (χ1n) is 7.11. The molecule has 0 saturated carbocycles. The van der Waals surface area contributed by atoms with Gasteiger partial charge in [0.15, 0.2) is 0 Å². The molecule has 2 saturated heterocycles. The smallest absolute Gasteiger partial charge is 0.310 e. The minimum absolute atomic E-state index is 0.470. The summed E-state index contributed by atoms with van der Waals surface area (Å²) < 4.78 is 0. The molecule has 2 unspecified atom stereocenters. The molecule has 2 aliphatic rings. The van der Waals surface area contributed by atoms with E-state index in [-0.39, 0.29) is 0 Å². The summed E-state index contributed by atoms with van der Waals surface area (Å²) in [6.07, 6.45) is 3.92. The highest BCUT2D eigenvalue weighted by molar-refractivity contribution is 5.73. The third-order valence-corrected chi connectivity index (χ3v) is 4.49. The van der Waals surface area contributed by atoms with E-state index in [0.717, 1.165) is 13.1 Å². The Morgan fingerprint density at radius 2 is 2.06 bits per heavy atom. The monoisotopic (exact) mass is 254 g/mol. The van der Waals surface area contributed by atoms with Crippen LogP contribution in [0.1, 0.15) is 40.0 Å². The van der Waals surface area contributed by atoms with Gasteiger partial charge in [0, 0.05) is 31.7 Å². The normalized spacial score (nSPS) is 31.1. The van der Waals surface area contributed by atoms with Gasteiger partial charge in [-0.3, -0.25) is 14.6 Å². The van der Waals surface area contributed by atoms with Crippen LogP contribution < -0.4 is 0 Å². The minimum atomic E-state index is -0.694. The summed E-state index contributed by atoms with van der Waals surface area (Å²) in [5.41, 5.74) is -0.648. The van der Waals surface area contributed by atoms with Gasteiger partial charge in [-0.25, -0.2) is 0 Å². The van der Waals surface area contributed by atoms with Crippen LogP contribution in [-0.4, -0.2) is 59.1 Å². The van der Waals surface area contributed by atoms with Crippen LogP contribution in [0.2, 0.25) is 0 Å². The maximum Gasteiger partial charge on any atom is 0.310 e. The Morgan fingerprint density at radius 3 is 2.72 bits per heavy atom. The largest absolute Gasteiger partial charge is 0.481 e. The third kappa shape index (κ3) is 2.86. The van der Waals surface area contributed by atoms with Gasteiger partial charge < -0.3 is 5.11 Å². The van der Waals surface area contributed by atoms with E-state index in [1.54, 1.807) is 0 Å². The number of hydrogen-bond donors (Lipinski definition) is 1. The molecule has 0 amide bonds. The van der Waals surface area contributed by atoms with Gasteiger partial charge in [-0.15, -0.1) is 0 Å². The van der Waals surface area contributed by atoms with Crippen molar-refractivity contribution in [1.29, 1.82) is 0 Å². The van der Waals surface area contributed by atoms with E-state index in [4.69, 9.17) is 0 Å². The van der Waals surface area contributed by atoms with Crippen molar-refractivity contribution in [1.82, 2.24) is 9.80 Å². The molecule has 0 aromatic carbocycles. The summed E-state index contributed by atoms with van der Waals surface area (Å²) >= 11 is 0. The highest BCUT2D eigenvalue weighted by Gasteiger charge is 2.37. The van der Waals surface area contributed by atoms with Crippen LogP contribution in [0, 0.1) is 5.41 Å². The Hall–Kier alpha value is -0.610. The number of fused-ring (bicyclic) bond motifs is 1. The van der Waals surface area contributed by atoms with Gasteiger partial charge in [-0.05, 0) is 40.2 Å². The van der Waals surface area contributed by atoms with E-state index in [1.807, 2.05) is 13.8 Å². The number of rotatable bonds is 3. The Bertz CT molecular complexity index is 317. The number of carboxylic acids is 1. The first-order chi connectivity index (χ1) is 8.40. The van der Waals surface area contributed by atoms with E-state index >= 15 is 0 Å². The SMILES string of the molecule is CC1CN2CCCCC2CN1CC(C)(C)C(=O)O. The predicted molar refractivity (Wildman–Crippen MR) is 71.7 cm³/mol. The zero-order valence-corrected chi connectivity index (χ0v) is 11.9. The second-order valence-corrected chi connectivity index (χ2v) is 6.61. The molecule has 18 heavy (non-hydrogen) atoms. The molecule has 2 atom stereocenters. The number of hydrogen-bond acceptors (Lipinski definition) is 3. The molecule has 0 spiro atoms. The van der Waals surface area contributed by atoms with Gasteiger partial charge in [0.05, 0.1) is 5.41 Å². The second kappa shape index (κ2) is 5.17. The fraction of sp³-hybridized carbons (Fsp3) is 0.929. The predicted octanol–water partition coefficient (Wildman–Crippen LogP) is 1.66. The van der Waals surface area contributed by atoms with Crippen LogP contribution in [0.4, 0.5) is 0 Å². The van der Waals surface area contributed by atoms with Crippen molar-refractivity contribution in [3.63, 3.8) is 0 Å². The number of piperazine rings is 1. The standard InChI is InChI=1S/C14H26N2O2/c1-11-8-15-7-5-4-6-12(15)9-16(11)10-14(2,3)13(17)18/h11-12H,4-10H2,1-3H3,(H,17,18). The lowest BCUT2D eigenvalue weighted by Crippen LogP contribution is -2.60. The molecule has 0 bridgehead atoms. The number of nitrogens with zero attached hydrogens (tertiary/aromatic N) is 2. The highest BCUT2D eigenvalue weighted by Crippen LogP contribution is 2.27. The fourth-order valence-corrected chi connectivity index (χ4v) is 3.21. The average molecular weight is 254 g/mol. The molecule has 4 nitrogen and oxygen atoms in total. The van der Waals surface area contributed by atoms with E-state index in [0.29, 0.717) is 18.6 Å². The maximum atomic E-state index is 11.2. The van der Waals surface area contributed by atoms with Gasteiger partial charge >= 0.3 is 5.97 Å². The summed E-state index contributed by atoms with van der Waals surface area (Å²) in [4.78, 5) is 16.2. The van der Waals surface area contributed by atoms with Crippen molar-refractivity contribution in [2.45, 2.75) is 52.1 Å². The summed E-state index contributed by atoms with van der Waals surface area (Å²) in [5, 5.41) is 9.25. The van der Waals surface area contributed by atoms with Crippen LogP contribution in [0.5, 0.6) is 0 Å². The zero-order chi connectivity index (χ0) is 13.3. The number of piperidine rings is 1. The molecule has 0 aromatic rings. The molecule has 104 valence electrons. The molecule has 2 aliphatic heterocycles. The average Bonchev–Trinajstić information content (AvgIpc) is 2.29. The minimum Gasteiger partial charge on any atom is -0.481 e. The van der Waals surface area contributed by atoms with Gasteiger partial charge in [-0.2, -0.15) is 0 Å². The lowest BCUT2D eigenvalue weighted by molar-refractivity contribution is -0.149. The molecular weight excluding hydrogens is 228 g/mol. The Kier molecular flexibility index (Phi) is 3.97. The van der Waals surface area contributed by atoms with Crippen LogP contribution in [0.15, 0.2) is 0 Å². The lowest BCUT2D eigenvalue weighted by Gasteiger charge is -2.48. The quantitative estimate of drug-likeness (QED) is 0.832. The summed E-state index contributed by atoms with van der Waals surface area (Å²) in [5.74, 6) is -0.694. The van der Waals surface area contributed by atoms with E-state index in [1.165, 1.54) is 25.8 Å². The fourth-order valence-electron chi connectivity index (χ4n) is 3.21. The maximum absolute atomic E-state index is 11.2. The zero-order valence-electron chi connectivity index (χ0n) is 11.9. The lowest BCUT2D eigenvalue weighted by atomic mass is 9.90. The van der Waals surface area contributed by atoms with E-state index in [9.17, 15) is 9.90 Å².